The third-order valence-electron chi connectivity index (χ3n) is 4.30. The fourth-order valence-electron chi connectivity index (χ4n) is 2.71. The van der Waals surface area contributed by atoms with Crippen LogP contribution in [0.4, 0.5) is 10.3 Å². The molecular weight excluding hydrogens is 426 g/mol. The molecule has 4 rings (SSSR count). The number of thiazole rings is 1. The van der Waals surface area contributed by atoms with Crippen molar-refractivity contribution in [1.29, 1.82) is 0 Å². The van der Waals surface area contributed by atoms with Gasteiger partial charge in [-0.05, 0) is 19.8 Å². The van der Waals surface area contributed by atoms with Crippen molar-refractivity contribution in [1.82, 2.24) is 15.2 Å². The maximum absolute atomic E-state index is 12.6. The van der Waals surface area contributed by atoms with Gasteiger partial charge in [-0.3, -0.25) is 14.5 Å². The lowest BCUT2D eigenvalue weighted by Crippen LogP contribution is -2.30. The quantitative estimate of drug-likeness (QED) is 0.431. The first-order chi connectivity index (χ1) is 14.0. The topological polar surface area (TPSA) is 88.1 Å². The van der Waals surface area contributed by atoms with E-state index in [1.807, 2.05) is 42.6 Å². The maximum atomic E-state index is 12.6. The van der Waals surface area contributed by atoms with E-state index in [0.29, 0.717) is 14.6 Å². The molecule has 0 bridgehead atoms. The van der Waals surface area contributed by atoms with Crippen molar-refractivity contribution >= 4 is 56.5 Å². The van der Waals surface area contributed by atoms with Gasteiger partial charge in [0.1, 0.15) is 0 Å². The highest BCUT2D eigenvalue weighted by atomic mass is 32.2. The summed E-state index contributed by atoms with van der Waals surface area (Å²) < 4.78 is 0.665. The van der Waals surface area contributed by atoms with Crippen LogP contribution in [0.2, 0.25) is 0 Å². The van der Waals surface area contributed by atoms with Crippen LogP contribution in [-0.4, -0.2) is 38.3 Å². The Morgan fingerprint density at radius 3 is 2.69 bits per heavy atom. The summed E-state index contributed by atoms with van der Waals surface area (Å²) in [5.74, 6) is -0.171. The number of rotatable bonds is 7. The molecule has 0 aliphatic heterocycles. The fourth-order valence-corrected chi connectivity index (χ4v) is 5.54. The molecule has 3 aromatic rings. The Bertz CT molecular complexity index is 1020. The van der Waals surface area contributed by atoms with Crippen molar-refractivity contribution in [2.24, 2.45) is 0 Å². The summed E-state index contributed by atoms with van der Waals surface area (Å²) in [4.78, 5) is 30.6. The molecule has 0 radical (unpaired) electrons. The zero-order valence-electron chi connectivity index (χ0n) is 15.9. The van der Waals surface area contributed by atoms with E-state index in [1.165, 1.54) is 34.4 Å². The minimum Gasteiger partial charge on any atom is -0.301 e. The molecule has 1 aliphatic rings. The molecule has 1 N–H and O–H groups in total. The molecule has 1 atom stereocenters. The summed E-state index contributed by atoms with van der Waals surface area (Å²) in [5.41, 5.74) is 1.85. The van der Waals surface area contributed by atoms with E-state index in [9.17, 15) is 9.59 Å². The van der Waals surface area contributed by atoms with E-state index < -0.39 is 0 Å². The minimum atomic E-state index is -0.369. The zero-order valence-corrected chi connectivity index (χ0v) is 18.3. The standard InChI is InChI=1S/C19H19N5O2S3/c1-11(28-19-23-22-18(29-19)24(12(2)25)14-8-9-14)16(26)21-17-20-15(10-27-17)13-6-4-3-5-7-13/h3-7,10-11,14H,8-9H2,1-2H3,(H,20,21,26). The molecule has 2 amide bonds. The lowest BCUT2D eigenvalue weighted by atomic mass is 10.2. The van der Waals surface area contributed by atoms with Crippen molar-refractivity contribution in [3.05, 3.63) is 35.7 Å². The van der Waals surface area contributed by atoms with E-state index in [4.69, 9.17) is 0 Å². The highest BCUT2D eigenvalue weighted by Crippen LogP contribution is 2.37. The number of benzene rings is 1. The average molecular weight is 446 g/mol. The second kappa shape index (κ2) is 8.60. The van der Waals surface area contributed by atoms with Crippen LogP contribution in [0.15, 0.2) is 40.1 Å². The molecule has 1 saturated carbocycles. The van der Waals surface area contributed by atoms with Crippen molar-refractivity contribution in [2.75, 3.05) is 10.2 Å². The van der Waals surface area contributed by atoms with Gasteiger partial charge in [0.05, 0.1) is 10.9 Å². The van der Waals surface area contributed by atoms with Crippen LogP contribution in [-0.2, 0) is 9.59 Å². The highest BCUT2D eigenvalue weighted by Gasteiger charge is 2.34. The number of carbonyl (C=O) groups is 2. The molecule has 7 nitrogen and oxygen atoms in total. The summed E-state index contributed by atoms with van der Waals surface area (Å²) in [5, 5.41) is 13.9. The molecular formula is C19H19N5O2S3. The van der Waals surface area contributed by atoms with Gasteiger partial charge in [-0.15, -0.1) is 21.5 Å². The first-order valence-electron chi connectivity index (χ1n) is 9.13. The molecule has 29 heavy (non-hydrogen) atoms. The first-order valence-corrected chi connectivity index (χ1v) is 11.7. The number of thioether (sulfide) groups is 1. The number of aromatic nitrogens is 3. The maximum Gasteiger partial charge on any atom is 0.239 e. The Hall–Kier alpha value is -2.30. The second-order valence-corrected chi connectivity index (χ2v) is 10.0. The Balaban J connectivity index is 1.37. The first kappa shape index (κ1) is 20.0. The largest absolute Gasteiger partial charge is 0.301 e. The smallest absolute Gasteiger partial charge is 0.239 e. The van der Waals surface area contributed by atoms with E-state index in [-0.39, 0.29) is 23.1 Å². The van der Waals surface area contributed by atoms with Gasteiger partial charge in [-0.2, -0.15) is 0 Å². The van der Waals surface area contributed by atoms with Gasteiger partial charge in [0, 0.05) is 23.9 Å². The minimum absolute atomic E-state index is 0.0241. The number of amides is 2. The van der Waals surface area contributed by atoms with Crippen LogP contribution in [0.1, 0.15) is 26.7 Å². The predicted octanol–water partition coefficient (Wildman–Crippen LogP) is 4.30. The molecule has 1 unspecified atom stereocenters. The molecule has 10 heteroatoms. The van der Waals surface area contributed by atoms with Crippen molar-refractivity contribution < 1.29 is 9.59 Å². The van der Waals surface area contributed by atoms with E-state index in [0.717, 1.165) is 24.1 Å². The number of nitrogens with one attached hydrogen (secondary N) is 1. The molecule has 0 saturated heterocycles. The lowest BCUT2D eigenvalue weighted by Gasteiger charge is -2.15. The Morgan fingerprint density at radius 1 is 1.24 bits per heavy atom. The second-order valence-electron chi connectivity index (χ2n) is 6.62. The predicted molar refractivity (Wildman–Crippen MR) is 118 cm³/mol. The van der Waals surface area contributed by atoms with Gasteiger partial charge in [0.15, 0.2) is 9.47 Å². The molecule has 0 spiro atoms. The molecule has 1 aromatic carbocycles. The van der Waals surface area contributed by atoms with Crippen molar-refractivity contribution in [3.8, 4) is 11.3 Å². The Morgan fingerprint density at radius 2 is 2.00 bits per heavy atom. The van der Waals surface area contributed by atoms with Gasteiger partial charge in [0.25, 0.3) is 0 Å². The molecule has 2 heterocycles. The highest BCUT2D eigenvalue weighted by molar-refractivity contribution is 8.02. The summed E-state index contributed by atoms with van der Waals surface area (Å²) in [7, 11) is 0. The van der Waals surface area contributed by atoms with Gasteiger partial charge in [0.2, 0.25) is 16.9 Å². The normalized spacial score (nSPS) is 14.4. The zero-order chi connectivity index (χ0) is 20.4. The van der Waals surface area contributed by atoms with Gasteiger partial charge in [-0.25, -0.2) is 4.98 Å². The van der Waals surface area contributed by atoms with Crippen molar-refractivity contribution in [2.45, 2.75) is 42.3 Å². The van der Waals surface area contributed by atoms with Gasteiger partial charge < -0.3 is 5.32 Å². The van der Waals surface area contributed by atoms with Crippen LogP contribution in [0.5, 0.6) is 0 Å². The van der Waals surface area contributed by atoms with E-state index in [2.05, 4.69) is 20.5 Å². The molecule has 150 valence electrons. The summed E-state index contributed by atoms with van der Waals surface area (Å²) >= 11 is 4.07. The molecule has 2 aromatic heterocycles. The van der Waals surface area contributed by atoms with Crippen molar-refractivity contribution in [3.63, 3.8) is 0 Å². The third-order valence-corrected chi connectivity index (χ3v) is 7.17. The summed E-state index contributed by atoms with van der Waals surface area (Å²) in [6, 6.07) is 10.1. The van der Waals surface area contributed by atoms with Gasteiger partial charge in [-0.1, -0.05) is 53.4 Å². The monoisotopic (exact) mass is 445 g/mol. The van der Waals surface area contributed by atoms with E-state index >= 15 is 0 Å². The van der Waals surface area contributed by atoms with Crippen LogP contribution in [0.3, 0.4) is 0 Å². The third kappa shape index (κ3) is 4.82. The number of hydrogen-bond acceptors (Lipinski definition) is 8. The average Bonchev–Trinajstić information content (AvgIpc) is 3.23. The SMILES string of the molecule is CC(=O)N(c1nnc(SC(C)C(=O)Nc2nc(-c3ccccc3)cs2)s1)C1CC1. The van der Waals surface area contributed by atoms with Gasteiger partial charge >= 0.3 is 0 Å². The Kier molecular flexibility index (Phi) is 5.93. The summed E-state index contributed by atoms with van der Waals surface area (Å²) in [6.45, 7) is 3.36. The van der Waals surface area contributed by atoms with E-state index in [1.54, 1.807) is 11.8 Å². The lowest BCUT2D eigenvalue weighted by molar-refractivity contribution is -0.117. The number of hydrogen-bond donors (Lipinski definition) is 1. The van der Waals surface area contributed by atoms with Crippen LogP contribution < -0.4 is 10.2 Å². The van der Waals surface area contributed by atoms with Crippen LogP contribution in [0.25, 0.3) is 11.3 Å². The summed E-state index contributed by atoms with van der Waals surface area (Å²) in [6.07, 6.45) is 2.00. The number of anilines is 2. The fraction of sp³-hybridized carbons (Fsp3) is 0.316. The molecule has 1 fully saturated rings. The van der Waals surface area contributed by atoms with Crippen LogP contribution >= 0.6 is 34.4 Å². The Labute approximate surface area is 180 Å². The molecule has 1 aliphatic carbocycles. The van der Waals surface area contributed by atoms with Crippen LogP contribution in [0, 0.1) is 0 Å². The number of nitrogens with zero attached hydrogens (tertiary/aromatic N) is 4. The number of carbonyl (C=O) groups excluding carboxylic acids is 2.